The predicted octanol–water partition coefficient (Wildman–Crippen LogP) is 4.61. The fourth-order valence-electron chi connectivity index (χ4n) is 3.15. The number of para-hydroxylation sites is 1. The van der Waals surface area contributed by atoms with Gasteiger partial charge in [-0.1, -0.05) is 23.5 Å². The monoisotopic (exact) mass is 414 g/mol. The van der Waals surface area contributed by atoms with Crippen LogP contribution in [0.25, 0.3) is 10.2 Å². The van der Waals surface area contributed by atoms with Crippen molar-refractivity contribution in [3.63, 3.8) is 0 Å². The number of hydrogen-bond donors (Lipinski definition) is 0. The van der Waals surface area contributed by atoms with Crippen molar-refractivity contribution in [3.05, 3.63) is 48.5 Å². The van der Waals surface area contributed by atoms with E-state index in [1.807, 2.05) is 48.5 Å². The van der Waals surface area contributed by atoms with Crippen LogP contribution in [0.1, 0.15) is 12.8 Å². The van der Waals surface area contributed by atoms with Gasteiger partial charge >= 0.3 is 0 Å². The number of aromatic nitrogens is 1. The zero-order chi connectivity index (χ0) is 19.3. The molecular formula is C21H22N2O3S2. The van der Waals surface area contributed by atoms with Crippen LogP contribution in [0.15, 0.2) is 53.4 Å². The number of carbonyl (C=O) groups excluding carboxylic acids is 1. The van der Waals surface area contributed by atoms with Crippen molar-refractivity contribution in [3.8, 4) is 5.75 Å². The first-order valence-electron chi connectivity index (χ1n) is 9.27. The number of nitrogens with zero attached hydrogens (tertiary/aromatic N) is 2. The number of ether oxygens (including phenoxy) is 2. The Morgan fingerprint density at radius 3 is 2.82 bits per heavy atom. The molecule has 0 saturated carbocycles. The van der Waals surface area contributed by atoms with Crippen LogP contribution in [0.2, 0.25) is 0 Å². The largest absolute Gasteiger partial charge is 0.497 e. The van der Waals surface area contributed by atoms with Gasteiger partial charge in [0.1, 0.15) is 5.75 Å². The molecule has 1 saturated heterocycles. The lowest BCUT2D eigenvalue weighted by Crippen LogP contribution is -2.38. The van der Waals surface area contributed by atoms with Gasteiger partial charge in [-0.3, -0.25) is 9.69 Å². The standard InChI is InChI=1S/C21H22N2O3S2/c1-25-15-8-10-17(11-9-15)27-14-20(24)23(13-16-5-4-12-26-16)21-22-18-6-2-3-7-19(18)28-21/h2-3,6-11,16H,4-5,12-14H2,1H3/t16-/m1/s1. The second-order valence-electron chi connectivity index (χ2n) is 6.57. The van der Waals surface area contributed by atoms with Crippen LogP contribution in [0.3, 0.4) is 0 Å². The molecule has 0 bridgehead atoms. The third-order valence-corrected chi connectivity index (χ3v) is 6.70. The van der Waals surface area contributed by atoms with Crippen molar-refractivity contribution < 1.29 is 14.3 Å². The summed E-state index contributed by atoms with van der Waals surface area (Å²) in [7, 11) is 1.65. The minimum Gasteiger partial charge on any atom is -0.497 e. The van der Waals surface area contributed by atoms with Gasteiger partial charge < -0.3 is 9.47 Å². The van der Waals surface area contributed by atoms with E-state index in [1.165, 1.54) is 11.8 Å². The lowest BCUT2D eigenvalue weighted by Gasteiger charge is -2.23. The van der Waals surface area contributed by atoms with Crippen molar-refractivity contribution in [2.45, 2.75) is 23.8 Å². The minimum atomic E-state index is 0.0513. The first-order valence-corrected chi connectivity index (χ1v) is 11.1. The third kappa shape index (κ3) is 4.48. The lowest BCUT2D eigenvalue weighted by molar-refractivity contribution is -0.116. The zero-order valence-corrected chi connectivity index (χ0v) is 17.3. The summed E-state index contributed by atoms with van der Waals surface area (Å²) in [6, 6.07) is 15.7. The molecule has 146 valence electrons. The number of thioether (sulfide) groups is 1. The van der Waals surface area contributed by atoms with Gasteiger partial charge in [-0.2, -0.15) is 0 Å². The molecule has 1 fully saturated rings. The quantitative estimate of drug-likeness (QED) is 0.529. The van der Waals surface area contributed by atoms with Crippen molar-refractivity contribution in [2.24, 2.45) is 0 Å². The van der Waals surface area contributed by atoms with Crippen molar-refractivity contribution in [2.75, 3.05) is 30.9 Å². The van der Waals surface area contributed by atoms with E-state index in [0.717, 1.165) is 45.4 Å². The second kappa shape index (κ2) is 8.94. The van der Waals surface area contributed by atoms with E-state index < -0.39 is 0 Å². The number of methoxy groups -OCH3 is 1. The highest BCUT2D eigenvalue weighted by Crippen LogP contribution is 2.31. The number of rotatable bonds is 7. The van der Waals surface area contributed by atoms with Crippen molar-refractivity contribution in [1.82, 2.24) is 4.98 Å². The Hall–Kier alpha value is -2.09. The third-order valence-electron chi connectivity index (χ3n) is 4.65. The first kappa shape index (κ1) is 19.2. The Kier molecular flexibility index (Phi) is 6.14. The maximum absolute atomic E-state index is 13.1. The van der Waals surface area contributed by atoms with Gasteiger partial charge in [-0.15, -0.1) is 11.8 Å². The van der Waals surface area contributed by atoms with Crippen LogP contribution in [-0.2, 0) is 9.53 Å². The number of fused-ring (bicyclic) bond motifs is 1. The summed E-state index contributed by atoms with van der Waals surface area (Å²) in [4.78, 5) is 20.6. The minimum absolute atomic E-state index is 0.0513. The second-order valence-corrected chi connectivity index (χ2v) is 8.63. The average molecular weight is 415 g/mol. The van der Waals surface area contributed by atoms with Crippen LogP contribution >= 0.6 is 23.1 Å². The zero-order valence-electron chi connectivity index (χ0n) is 15.7. The van der Waals surface area contributed by atoms with E-state index in [-0.39, 0.29) is 12.0 Å². The van der Waals surface area contributed by atoms with Crippen LogP contribution in [0.4, 0.5) is 5.13 Å². The summed E-state index contributed by atoms with van der Waals surface area (Å²) in [5.41, 5.74) is 0.926. The summed E-state index contributed by atoms with van der Waals surface area (Å²) in [5.74, 6) is 1.22. The first-order chi connectivity index (χ1) is 13.7. The Labute approximate surface area is 172 Å². The molecule has 5 nitrogen and oxygen atoms in total. The summed E-state index contributed by atoms with van der Waals surface area (Å²) < 4.78 is 12.1. The molecule has 1 atom stereocenters. The van der Waals surface area contributed by atoms with Crippen LogP contribution < -0.4 is 9.64 Å². The smallest absolute Gasteiger partial charge is 0.239 e. The molecule has 0 N–H and O–H groups in total. The Morgan fingerprint density at radius 1 is 1.29 bits per heavy atom. The summed E-state index contributed by atoms with van der Waals surface area (Å²) >= 11 is 3.08. The van der Waals surface area contributed by atoms with Crippen molar-refractivity contribution in [1.29, 1.82) is 0 Å². The van der Waals surface area contributed by atoms with E-state index in [2.05, 4.69) is 0 Å². The van der Waals surface area contributed by atoms with E-state index >= 15 is 0 Å². The van der Waals surface area contributed by atoms with Gasteiger partial charge in [0.15, 0.2) is 5.13 Å². The molecule has 2 heterocycles. The molecule has 0 spiro atoms. The summed E-state index contributed by atoms with van der Waals surface area (Å²) in [6.07, 6.45) is 2.12. The Morgan fingerprint density at radius 2 is 2.11 bits per heavy atom. The van der Waals surface area contributed by atoms with Gasteiger partial charge in [0, 0.05) is 11.5 Å². The number of benzene rings is 2. The lowest BCUT2D eigenvalue weighted by atomic mass is 10.2. The SMILES string of the molecule is COc1ccc(SCC(=O)N(C[C@H]2CCCO2)c2nc3ccccc3s2)cc1. The van der Waals surface area contributed by atoms with Crippen LogP contribution in [-0.4, -0.2) is 43.0 Å². The highest BCUT2D eigenvalue weighted by molar-refractivity contribution is 8.00. The topological polar surface area (TPSA) is 51.7 Å². The average Bonchev–Trinajstić information content (AvgIpc) is 3.40. The molecule has 7 heteroatoms. The fraction of sp³-hybridized carbons (Fsp3) is 0.333. The maximum Gasteiger partial charge on any atom is 0.239 e. The summed E-state index contributed by atoms with van der Waals surface area (Å²) in [5, 5.41) is 0.747. The van der Waals surface area contributed by atoms with Gasteiger partial charge in [-0.05, 0) is 49.2 Å². The molecule has 4 rings (SSSR count). The highest BCUT2D eigenvalue weighted by atomic mass is 32.2. The van der Waals surface area contributed by atoms with Crippen LogP contribution in [0.5, 0.6) is 5.75 Å². The van der Waals surface area contributed by atoms with E-state index in [4.69, 9.17) is 14.5 Å². The number of hydrogen-bond acceptors (Lipinski definition) is 6. The Bertz CT molecular complexity index is 903. The molecule has 0 aliphatic carbocycles. The molecule has 0 radical (unpaired) electrons. The summed E-state index contributed by atoms with van der Waals surface area (Å²) in [6.45, 7) is 1.33. The van der Waals surface area contributed by atoms with E-state index in [1.54, 1.807) is 23.3 Å². The molecule has 1 aliphatic heterocycles. The molecule has 1 aliphatic rings. The number of carbonyl (C=O) groups is 1. The maximum atomic E-state index is 13.1. The van der Waals surface area contributed by atoms with Crippen molar-refractivity contribution >= 4 is 44.4 Å². The fourth-order valence-corrected chi connectivity index (χ4v) is 4.92. The predicted molar refractivity (Wildman–Crippen MR) is 115 cm³/mol. The number of anilines is 1. The van der Waals surface area contributed by atoms with Gasteiger partial charge in [0.2, 0.25) is 5.91 Å². The number of amides is 1. The molecular weight excluding hydrogens is 392 g/mol. The molecule has 1 aromatic heterocycles. The molecule has 3 aromatic rings. The normalized spacial score (nSPS) is 16.4. The highest BCUT2D eigenvalue weighted by Gasteiger charge is 2.26. The van der Waals surface area contributed by atoms with Gasteiger partial charge in [0.25, 0.3) is 0 Å². The van der Waals surface area contributed by atoms with E-state index in [0.29, 0.717) is 12.3 Å². The molecule has 2 aromatic carbocycles. The van der Waals surface area contributed by atoms with Gasteiger partial charge in [0.05, 0.1) is 35.7 Å². The van der Waals surface area contributed by atoms with Crippen LogP contribution in [0, 0.1) is 0 Å². The molecule has 0 unspecified atom stereocenters. The molecule has 1 amide bonds. The van der Waals surface area contributed by atoms with Gasteiger partial charge in [-0.25, -0.2) is 4.98 Å². The molecule has 28 heavy (non-hydrogen) atoms. The Balaban J connectivity index is 1.50. The van der Waals surface area contributed by atoms with E-state index in [9.17, 15) is 4.79 Å². The number of thiazole rings is 1.